The van der Waals surface area contributed by atoms with Crippen LogP contribution in [0.15, 0.2) is 39.2 Å². The van der Waals surface area contributed by atoms with Gasteiger partial charge >= 0.3 is 0 Å². The molecule has 0 aliphatic heterocycles. The van der Waals surface area contributed by atoms with Gasteiger partial charge in [-0.2, -0.15) is 0 Å². The number of rotatable bonds is 5. The van der Waals surface area contributed by atoms with E-state index >= 15 is 0 Å². The molecule has 2 N–H and O–H groups in total. The number of hydrogen-bond donors (Lipinski definition) is 2. The predicted molar refractivity (Wildman–Crippen MR) is 77.8 cm³/mol. The number of nitrogens with zero attached hydrogens (tertiary/aromatic N) is 2. The van der Waals surface area contributed by atoms with Crippen molar-refractivity contribution in [1.82, 2.24) is 15.0 Å². The average molecular weight is 291 g/mol. The van der Waals surface area contributed by atoms with E-state index in [2.05, 4.69) is 15.0 Å². The Labute approximate surface area is 121 Å². The monoisotopic (exact) mass is 291 g/mol. The molecule has 2 aromatic heterocycles. The molecule has 0 radical (unpaired) electrons. The molecule has 0 fully saturated rings. The lowest BCUT2D eigenvalue weighted by atomic mass is 10.2. The number of aliphatic hydroxyl groups is 1. The SMILES string of the molecule is CCCc1cc(=O)[nH]c(Sc2ccc([C@H](C)O)nc2)n1. The number of aryl methyl sites for hydroxylation is 1. The highest BCUT2D eigenvalue weighted by atomic mass is 32.2. The molecular weight excluding hydrogens is 274 g/mol. The minimum absolute atomic E-state index is 0.139. The zero-order valence-electron chi connectivity index (χ0n) is 11.5. The highest BCUT2D eigenvalue weighted by molar-refractivity contribution is 7.99. The molecule has 2 rings (SSSR count). The number of H-pyrrole nitrogens is 1. The molecule has 0 spiro atoms. The van der Waals surface area contributed by atoms with Crippen molar-refractivity contribution < 1.29 is 5.11 Å². The van der Waals surface area contributed by atoms with E-state index in [1.54, 1.807) is 19.2 Å². The largest absolute Gasteiger partial charge is 0.387 e. The fourth-order valence-corrected chi connectivity index (χ4v) is 2.51. The van der Waals surface area contributed by atoms with Gasteiger partial charge in [-0.3, -0.25) is 9.78 Å². The Morgan fingerprint density at radius 3 is 2.85 bits per heavy atom. The van der Waals surface area contributed by atoms with Gasteiger partial charge in [-0.1, -0.05) is 25.1 Å². The lowest BCUT2D eigenvalue weighted by Crippen LogP contribution is -2.09. The summed E-state index contributed by atoms with van der Waals surface area (Å²) in [5, 5.41) is 9.97. The highest BCUT2D eigenvalue weighted by Crippen LogP contribution is 2.24. The van der Waals surface area contributed by atoms with Crippen LogP contribution in [0.3, 0.4) is 0 Å². The Kier molecular flexibility index (Phi) is 4.92. The standard InChI is InChI=1S/C14H17N3O2S/c1-3-4-10-7-13(19)17-14(16-10)20-11-5-6-12(9(2)18)15-8-11/h5-9,18H,3-4H2,1-2H3,(H,16,17,19)/t9-/m0/s1. The van der Waals surface area contributed by atoms with Gasteiger partial charge in [-0.15, -0.1) is 0 Å². The maximum Gasteiger partial charge on any atom is 0.251 e. The fraction of sp³-hybridized carbons (Fsp3) is 0.357. The molecule has 0 saturated carbocycles. The number of nitrogens with one attached hydrogen (secondary N) is 1. The van der Waals surface area contributed by atoms with Gasteiger partial charge in [-0.25, -0.2) is 4.98 Å². The van der Waals surface area contributed by atoms with E-state index in [1.165, 1.54) is 17.8 Å². The van der Waals surface area contributed by atoms with Crippen molar-refractivity contribution in [3.8, 4) is 0 Å². The highest BCUT2D eigenvalue weighted by Gasteiger charge is 2.06. The molecule has 0 aliphatic rings. The van der Waals surface area contributed by atoms with Crippen molar-refractivity contribution in [1.29, 1.82) is 0 Å². The molecular formula is C14H17N3O2S. The van der Waals surface area contributed by atoms with Crippen molar-refractivity contribution in [2.45, 2.75) is 42.8 Å². The van der Waals surface area contributed by atoms with Crippen LogP contribution in [-0.2, 0) is 6.42 Å². The third kappa shape index (κ3) is 3.91. The summed E-state index contributed by atoms with van der Waals surface area (Å²) in [6.45, 7) is 3.72. The van der Waals surface area contributed by atoms with E-state index in [4.69, 9.17) is 0 Å². The quantitative estimate of drug-likeness (QED) is 0.827. The lowest BCUT2D eigenvalue weighted by molar-refractivity contribution is 0.194. The summed E-state index contributed by atoms with van der Waals surface area (Å²) in [6, 6.07) is 5.15. The Balaban J connectivity index is 2.18. The molecule has 0 unspecified atom stereocenters. The van der Waals surface area contributed by atoms with Crippen LogP contribution in [0.1, 0.15) is 37.8 Å². The summed E-state index contributed by atoms with van der Waals surface area (Å²) in [5.74, 6) is 0. The van der Waals surface area contributed by atoms with E-state index in [1.807, 2.05) is 13.0 Å². The minimum Gasteiger partial charge on any atom is -0.387 e. The van der Waals surface area contributed by atoms with Crippen molar-refractivity contribution >= 4 is 11.8 Å². The van der Waals surface area contributed by atoms with E-state index in [-0.39, 0.29) is 5.56 Å². The normalized spacial score (nSPS) is 12.3. The topological polar surface area (TPSA) is 78.9 Å². The summed E-state index contributed by atoms with van der Waals surface area (Å²) in [6.07, 6.45) is 2.82. The molecule has 5 nitrogen and oxygen atoms in total. The van der Waals surface area contributed by atoms with Crippen LogP contribution in [-0.4, -0.2) is 20.1 Å². The first-order valence-corrected chi connectivity index (χ1v) is 7.32. The summed E-state index contributed by atoms with van der Waals surface area (Å²) in [5.41, 5.74) is 1.28. The summed E-state index contributed by atoms with van der Waals surface area (Å²) >= 11 is 1.35. The molecule has 2 aromatic rings. The van der Waals surface area contributed by atoms with Gasteiger partial charge in [0.15, 0.2) is 5.16 Å². The second kappa shape index (κ2) is 6.67. The van der Waals surface area contributed by atoms with Crippen molar-refractivity contribution in [3.63, 3.8) is 0 Å². The van der Waals surface area contributed by atoms with Crippen molar-refractivity contribution in [3.05, 3.63) is 46.1 Å². The molecule has 0 saturated heterocycles. The van der Waals surface area contributed by atoms with Gasteiger partial charge in [0, 0.05) is 22.9 Å². The van der Waals surface area contributed by atoms with Crippen LogP contribution in [0.25, 0.3) is 0 Å². The number of aliphatic hydroxyl groups excluding tert-OH is 1. The first-order valence-electron chi connectivity index (χ1n) is 6.50. The van der Waals surface area contributed by atoms with Gasteiger partial charge < -0.3 is 10.1 Å². The third-order valence-electron chi connectivity index (χ3n) is 2.68. The molecule has 0 bridgehead atoms. The van der Waals surface area contributed by atoms with Crippen molar-refractivity contribution in [2.75, 3.05) is 0 Å². The van der Waals surface area contributed by atoms with Crippen LogP contribution in [0.5, 0.6) is 0 Å². The molecule has 0 aliphatic carbocycles. The number of aromatic nitrogens is 3. The second-order valence-corrected chi connectivity index (χ2v) is 5.55. The minimum atomic E-state index is -0.583. The van der Waals surface area contributed by atoms with Crippen LogP contribution in [0.2, 0.25) is 0 Å². The van der Waals surface area contributed by atoms with Gasteiger partial charge in [-0.05, 0) is 25.5 Å². The van der Waals surface area contributed by atoms with Gasteiger partial charge in [0.05, 0.1) is 11.8 Å². The Morgan fingerprint density at radius 2 is 2.25 bits per heavy atom. The predicted octanol–water partition coefficient (Wildman–Crippen LogP) is 2.32. The average Bonchev–Trinajstić information content (AvgIpc) is 2.39. The van der Waals surface area contributed by atoms with Gasteiger partial charge in [0.25, 0.3) is 5.56 Å². The number of aromatic amines is 1. The smallest absolute Gasteiger partial charge is 0.251 e. The third-order valence-corrected chi connectivity index (χ3v) is 3.54. The van der Waals surface area contributed by atoms with Crippen LogP contribution < -0.4 is 5.56 Å². The molecule has 106 valence electrons. The number of pyridine rings is 1. The lowest BCUT2D eigenvalue weighted by Gasteiger charge is -2.05. The molecule has 0 amide bonds. The zero-order valence-corrected chi connectivity index (χ0v) is 12.3. The van der Waals surface area contributed by atoms with E-state index in [0.29, 0.717) is 10.9 Å². The van der Waals surface area contributed by atoms with Crippen molar-refractivity contribution in [2.24, 2.45) is 0 Å². The van der Waals surface area contributed by atoms with Crippen LogP contribution >= 0.6 is 11.8 Å². The molecule has 0 aromatic carbocycles. The first-order chi connectivity index (χ1) is 9.58. The van der Waals surface area contributed by atoms with E-state index < -0.39 is 6.10 Å². The molecule has 20 heavy (non-hydrogen) atoms. The summed E-state index contributed by atoms with van der Waals surface area (Å²) in [4.78, 5) is 23.7. The summed E-state index contributed by atoms with van der Waals surface area (Å²) < 4.78 is 0. The van der Waals surface area contributed by atoms with Crippen LogP contribution in [0, 0.1) is 0 Å². The van der Waals surface area contributed by atoms with Gasteiger partial charge in [0.1, 0.15) is 0 Å². The maximum atomic E-state index is 11.6. The second-order valence-electron chi connectivity index (χ2n) is 4.49. The molecule has 2 heterocycles. The van der Waals surface area contributed by atoms with E-state index in [0.717, 1.165) is 23.4 Å². The Hall–Kier alpha value is -1.66. The Morgan fingerprint density at radius 1 is 1.45 bits per heavy atom. The van der Waals surface area contributed by atoms with Gasteiger partial charge in [0.2, 0.25) is 0 Å². The van der Waals surface area contributed by atoms with Crippen LogP contribution in [0.4, 0.5) is 0 Å². The first kappa shape index (κ1) is 14.7. The fourth-order valence-electron chi connectivity index (χ4n) is 1.73. The maximum absolute atomic E-state index is 11.6. The van der Waals surface area contributed by atoms with E-state index in [9.17, 15) is 9.90 Å². The zero-order chi connectivity index (χ0) is 14.5. The molecule has 1 atom stereocenters. The molecule has 6 heteroatoms. The summed E-state index contributed by atoms with van der Waals surface area (Å²) in [7, 11) is 0. The Bertz CT molecular complexity index is 623. The number of hydrogen-bond acceptors (Lipinski definition) is 5.